The van der Waals surface area contributed by atoms with Crippen molar-refractivity contribution in [2.75, 3.05) is 19.0 Å². The van der Waals surface area contributed by atoms with Crippen LogP contribution in [0.3, 0.4) is 0 Å². The van der Waals surface area contributed by atoms with E-state index in [4.69, 9.17) is 10.5 Å². The Labute approximate surface area is 161 Å². The highest BCUT2D eigenvalue weighted by Gasteiger charge is 2.39. The predicted octanol–water partition coefficient (Wildman–Crippen LogP) is 1.65. The van der Waals surface area contributed by atoms with Crippen LogP contribution in [0.2, 0.25) is 0 Å². The fourth-order valence-electron chi connectivity index (χ4n) is 2.97. The van der Waals surface area contributed by atoms with Crippen LogP contribution in [-0.4, -0.2) is 44.2 Å². The molecule has 1 aromatic heterocycles. The van der Waals surface area contributed by atoms with Crippen molar-refractivity contribution in [2.24, 2.45) is 5.73 Å². The second kappa shape index (κ2) is 7.67. The second-order valence-corrected chi connectivity index (χ2v) is 8.77. The number of methoxy groups -OCH3 is 1. The average Bonchev–Trinajstić information content (AvgIpc) is 3.31. The Hall–Kier alpha value is -2.43. The number of carbonyl (C=O) groups is 2. The zero-order chi connectivity index (χ0) is 19.6. The van der Waals surface area contributed by atoms with E-state index in [9.17, 15) is 18.0 Å². The van der Waals surface area contributed by atoms with Gasteiger partial charge in [0.2, 0.25) is 15.9 Å². The van der Waals surface area contributed by atoms with Crippen LogP contribution in [-0.2, 0) is 14.8 Å². The Morgan fingerprint density at radius 1 is 1.26 bits per heavy atom. The molecule has 0 spiro atoms. The lowest BCUT2D eigenvalue weighted by molar-refractivity contribution is -0.119. The molecule has 0 aliphatic carbocycles. The number of nitrogens with two attached hydrogens (primary N) is 1. The average molecular weight is 409 g/mol. The first-order valence-electron chi connectivity index (χ1n) is 8.18. The maximum absolute atomic E-state index is 13.0. The van der Waals surface area contributed by atoms with Crippen LogP contribution in [0.1, 0.15) is 23.2 Å². The van der Waals surface area contributed by atoms with Crippen molar-refractivity contribution in [1.29, 1.82) is 0 Å². The fraction of sp³-hybridized carbons (Fsp3) is 0.294. The fourth-order valence-corrected chi connectivity index (χ4v) is 5.42. The molecule has 1 aliphatic rings. The Morgan fingerprint density at radius 3 is 2.59 bits per heavy atom. The molecule has 1 unspecified atom stereocenters. The summed E-state index contributed by atoms with van der Waals surface area (Å²) in [5.74, 6) is -0.587. The number of nitrogens with one attached hydrogen (secondary N) is 1. The number of primary amides is 1. The van der Waals surface area contributed by atoms with Crippen LogP contribution in [0.25, 0.3) is 0 Å². The summed E-state index contributed by atoms with van der Waals surface area (Å²) in [6.07, 6.45) is 0.971. The van der Waals surface area contributed by atoms with E-state index in [0.29, 0.717) is 23.6 Å². The highest BCUT2D eigenvalue weighted by Crippen LogP contribution is 2.29. The van der Waals surface area contributed by atoms with Gasteiger partial charge in [-0.15, -0.1) is 11.3 Å². The number of sulfonamides is 1. The molecule has 8 nitrogen and oxygen atoms in total. The molecule has 1 fully saturated rings. The van der Waals surface area contributed by atoms with Gasteiger partial charge in [-0.3, -0.25) is 9.59 Å². The lowest BCUT2D eigenvalue weighted by Crippen LogP contribution is -2.43. The third kappa shape index (κ3) is 3.82. The monoisotopic (exact) mass is 409 g/mol. The van der Waals surface area contributed by atoms with Crippen LogP contribution >= 0.6 is 11.3 Å². The molecule has 2 aromatic rings. The minimum absolute atomic E-state index is 0.0944. The van der Waals surface area contributed by atoms with Gasteiger partial charge in [0.1, 0.15) is 16.8 Å². The van der Waals surface area contributed by atoms with Gasteiger partial charge in [0.15, 0.2) is 0 Å². The molecule has 3 N–H and O–H groups in total. The number of nitrogens with zero attached hydrogens (tertiary/aromatic N) is 1. The first-order chi connectivity index (χ1) is 12.8. The van der Waals surface area contributed by atoms with Gasteiger partial charge < -0.3 is 15.8 Å². The van der Waals surface area contributed by atoms with Crippen molar-refractivity contribution >= 4 is 38.2 Å². The topological polar surface area (TPSA) is 119 Å². The van der Waals surface area contributed by atoms with Crippen molar-refractivity contribution in [1.82, 2.24) is 4.31 Å². The Balaban J connectivity index is 1.82. The third-order valence-corrected chi connectivity index (χ3v) is 7.09. The number of anilines is 1. The molecule has 2 amide bonds. The number of benzene rings is 1. The Bertz CT molecular complexity index is 953. The van der Waals surface area contributed by atoms with Gasteiger partial charge in [-0.2, -0.15) is 4.31 Å². The number of carbonyl (C=O) groups excluding carboxylic acids is 2. The lowest BCUT2D eigenvalue weighted by atomic mass is 10.2. The highest BCUT2D eigenvalue weighted by atomic mass is 32.2. The molecular weight excluding hydrogens is 390 g/mol. The van der Waals surface area contributed by atoms with Gasteiger partial charge in [0.05, 0.1) is 17.6 Å². The number of ether oxygens (including phenoxy) is 1. The summed E-state index contributed by atoms with van der Waals surface area (Å²) in [6, 6.07) is 6.69. The Kier molecular flexibility index (Phi) is 5.49. The van der Waals surface area contributed by atoms with E-state index in [1.807, 2.05) is 0 Å². The highest BCUT2D eigenvalue weighted by molar-refractivity contribution is 7.89. The maximum atomic E-state index is 13.0. The molecule has 3 rings (SSSR count). The van der Waals surface area contributed by atoms with Crippen molar-refractivity contribution < 1.29 is 22.7 Å². The smallest absolute Gasteiger partial charge is 0.251 e. The first-order valence-corrected chi connectivity index (χ1v) is 10.5. The van der Waals surface area contributed by atoms with Crippen LogP contribution in [0.5, 0.6) is 5.75 Å². The molecule has 1 atom stereocenters. The number of amides is 2. The molecule has 0 radical (unpaired) electrons. The molecule has 2 heterocycles. The third-order valence-electron chi connectivity index (χ3n) is 4.34. The minimum Gasteiger partial charge on any atom is -0.497 e. The summed E-state index contributed by atoms with van der Waals surface area (Å²) in [7, 11) is -2.34. The normalized spacial score (nSPS) is 17.6. The van der Waals surface area contributed by atoms with Gasteiger partial charge in [-0.1, -0.05) is 0 Å². The molecule has 1 saturated heterocycles. The number of thiophene rings is 1. The zero-order valence-electron chi connectivity index (χ0n) is 14.5. The molecule has 144 valence electrons. The van der Waals surface area contributed by atoms with Crippen LogP contribution in [0.4, 0.5) is 5.00 Å². The van der Waals surface area contributed by atoms with E-state index >= 15 is 0 Å². The summed E-state index contributed by atoms with van der Waals surface area (Å²) in [5.41, 5.74) is 5.49. The molecular formula is C17H19N3O5S2. The van der Waals surface area contributed by atoms with E-state index in [2.05, 4.69) is 5.32 Å². The Morgan fingerprint density at radius 2 is 1.96 bits per heavy atom. The van der Waals surface area contributed by atoms with Crippen molar-refractivity contribution in [3.05, 3.63) is 41.3 Å². The van der Waals surface area contributed by atoms with Crippen LogP contribution in [0, 0.1) is 0 Å². The number of hydrogen-bond donors (Lipinski definition) is 2. The van der Waals surface area contributed by atoms with Crippen LogP contribution < -0.4 is 15.8 Å². The summed E-state index contributed by atoms with van der Waals surface area (Å²) in [6.45, 7) is 0.250. The SMILES string of the molecule is COc1ccc(S(=O)(=O)N2CCCC2C(=O)Nc2sccc2C(N)=O)cc1. The summed E-state index contributed by atoms with van der Waals surface area (Å²) < 4.78 is 32.2. The first kappa shape index (κ1) is 19.3. The van der Waals surface area contributed by atoms with E-state index < -0.39 is 27.9 Å². The standard InChI is InChI=1S/C17H19N3O5S2/c1-25-11-4-6-12(7-5-11)27(23,24)20-9-2-3-14(20)16(22)19-17-13(15(18)21)8-10-26-17/h4-8,10,14H,2-3,9H2,1H3,(H2,18,21)(H,19,22). The zero-order valence-corrected chi connectivity index (χ0v) is 16.2. The van der Waals surface area contributed by atoms with Gasteiger partial charge in [0, 0.05) is 6.54 Å². The van der Waals surface area contributed by atoms with Gasteiger partial charge in [-0.05, 0) is 48.6 Å². The summed E-state index contributed by atoms with van der Waals surface area (Å²) >= 11 is 1.16. The van der Waals surface area contributed by atoms with E-state index in [1.165, 1.54) is 29.6 Å². The molecule has 1 aliphatic heterocycles. The molecule has 0 bridgehead atoms. The number of rotatable bonds is 6. The predicted molar refractivity (Wildman–Crippen MR) is 101 cm³/mol. The number of hydrogen-bond acceptors (Lipinski definition) is 6. The van der Waals surface area contributed by atoms with E-state index in [-0.39, 0.29) is 17.0 Å². The van der Waals surface area contributed by atoms with Gasteiger partial charge in [0.25, 0.3) is 5.91 Å². The summed E-state index contributed by atoms with van der Waals surface area (Å²) in [5, 5.41) is 4.59. The van der Waals surface area contributed by atoms with Gasteiger partial charge in [-0.25, -0.2) is 8.42 Å². The van der Waals surface area contributed by atoms with Crippen molar-refractivity contribution in [3.8, 4) is 5.75 Å². The van der Waals surface area contributed by atoms with Crippen molar-refractivity contribution in [2.45, 2.75) is 23.8 Å². The minimum atomic E-state index is -3.83. The molecule has 1 aromatic carbocycles. The molecule has 27 heavy (non-hydrogen) atoms. The van der Waals surface area contributed by atoms with Crippen molar-refractivity contribution in [3.63, 3.8) is 0 Å². The maximum Gasteiger partial charge on any atom is 0.251 e. The quantitative estimate of drug-likeness (QED) is 0.752. The van der Waals surface area contributed by atoms with Crippen LogP contribution in [0.15, 0.2) is 40.6 Å². The second-order valence-electron chi connectivity index (χ2n) is 5.97. The van der Waals surface area contributed by atoms with E-state index in [1.54, 1.807) is 17.5 Å². The summed E-state index contributed by atoms with van der Waals surface area (Å²) in [4.78, 5) is 24.2. The van der Waals surface area contributed by atoms with E-state index in [0.717, 1.165) is 11.3 Å². The molecule has 0 saturated carbocycles. The van der Waals surface area contributed by atoms with Gasteiger partial charge >= 0.3 is 0 Å². The lowest BCUT2D eigenvalue weighted by Gasteiger charge is -2.23. The molecule has 10 heteroatoms. The largest absolute Gasteiger partial charge is 0.497 e.